The predicted molar refractivity (Wildman–Crippen MR) is 65.4 cm³/mol. The minimum Gasteiger partial charge on any atom is -0.475 e. The Morgan fingerprint density at radius 3 is 2.75 bits per heavy atom. The summed E-state index contributed by atoms with van der Waals surface area (Å²) in [6, 6.07) is 0.990. The Bertz CT molecular complexity index is 719. The average molecular weight is 300 g/mol. The second kappa shape index (κ2) is 5.06. The normalized spacial score (nSPS) is 11.9. The Kier molecular flexibility index (Phi) is 3.59. The number of hydrogen-bond acceptors (Lipinski definition) is 6. The predicted octanol–water partition coefficient (Wildman–Crippen LogP) is 0.225. The van der Waals surface area contributed by atoms with Crippen LogP contribution < -0.4 is 0 Å². The topological polar surface area (TPSA) is 129 Å². The highest BCUT2D eigenvalue weighted by atomic mass is 32.2. The first-order valence-corrected chi connectivity index (χ1v) is 6.90. The van der Waals surface area contributed by atoms with Crippen molar-refractivity contribution >= 4 is 16.0 Å². The SMILES string of the molecule is Cc1oc(C(=O)O)cc1S(=O)(=O)N(C)Cc1ncn[nH]1. The monoisotopic (exact) mass is 300 g/mol. The molecule has 9 nitrogen and oxygen atoms in total. The number of nitrogens with one attached hydrogen (secondary N) is 1. The summed E-state index contributed by atoms with van der Waals surface area (Å²) in [5.41, 5.74) is 0. The van der Waals surface area contributed by atoms with Gasteiger partial charge >= 0.3 is 5.97 Å². The number of carboxylic acids is 1. The number of aromatic amines is 1. The molecule has 0 aliphatic rings. The van der Waals surface area contributed by atoms with Crippen LogP contribution in [0.3, 0.4) is 0 Å². The molecule has 0 fully saturated rings. The van der Waals surface area contributed by atoms with Crippen LogP contribution in [0.15, 0.2) is 21.7 Å². The summed E-state index contributed by atoms with van der Waals surface area (Å²) in [5.74, 6) is -1.36. The molecule has 0 bridgehead atoms. The van der Waals surface area contributed by atoms with E-state index in [-0.39, 0.29) is 17.2 Å². The maximum Gasteiger partial charge on any atom is 0.371 e. The summed E-state index contributed by atoms with van der Waals surface area (Å²) >= 11 is 0. The van der Waals surface area contributed by atoms with Gasteiger partial charge in [-0.1, -0.05) is 0 Å². The number of sulfonamides is 1. The number of H-pyrrole nitrogens is 1. The van der Waals surface area contributed by atoms with Gasteiger partial charge in [0.2, 0.25) is 15.8 Å². The minimum atomic E-state index is -3.87. The minimum absolute atomic E-state index is 0.0185. The molecule has 0 radical (unpaired) electrons. The first-order valence-electron chi connectivity index (χ1n) is 5.46. The second-order valence-electron chi connectivity index (χ2n) is 4.03. The van der Waals surface area contributed by atoms with E-state index in [2.05, 4.69) is 15.2 Å². The van der Waals surface area contributed by atoms with Crippen LogP contribution in [0.1, 0.15) is 22.1 Å². The smallest absolute Gasteiger partial charge is 0.371 e. The third-order valence-corrected chi connectivity index (χ3v) is 4.52. The van der Waals surface area contributed by atoms with Crippen molar-refractivity contribution in [2.45, 2.75) is 18.4 Å². The Morgan fingerprint density at radius 1 is 1.55 bits per heavy atom. The number of aromatic nitrogens is 3. The molecule has 20 heavy (non-hydrogen) atoms. The van der Waals surface area contributed by atoms with E-state index < -0.39 is 21.8 Å². The lowest BCUT2D eigenvalue weighted by atomic mass is 10.4. The molecule has 0 aromatic carbocycles. The van der Waals surface area contributed by atoms with E-state index >= 15 is 0 Å². The lowest BCUT2D eigenvalue weighted by Gasteiger charge is -2.14. The van der Waals surface area contributed by atoms with E-state index in [9.17, 15) is 13.2 Å². The largest absolute Gasteiger partial charge is 0.475 e. The molecule has 2 aromatic heterocycles. The Hall–Kier alpha value is -2.20. The molecule has 0 spiro atoms. The molecule has 2 rings (SSSR count). The molecule has 0 unspecified atom stereocenters. The summed E-state index contributed by atoms with van der Waals surface area (Å²) in [6.45, 7) is 1.37. The summed E-state index contributed by atoms with van der Waals surface area (Å²) in [5, 5.41) is 15.0. The Labute approximate surface area is 114 Å². The molecule has 108 valence electrons. The zero-order valence-corrected chi connectivity index (χ0v) is 11.5. The van der Waals surface area contributed by atoms with Crippen LogP contribution in [0.25, 0.3) is 0 Å². The summed E-state index contributed by atoms with van der Waals surface area (Å²) in [4.78, 5) is 14.4. The summed E-state index contributed by atoms with van der Waals surface area (Å²) in [6.07, 6.45) is 1.27. The molecule has 0 saturated carbocycles. The number of nitrogens with zero attached hydrogens (tertiary/aromatic N) is 3. The van der Waals surface area contributed by atoms with Gasteiger partial charge in [0.25, 0.3) is 0 Å². The van der Waals surface area contributed by atoms with E-state index in [0.29, 0.717) is 5.82 Å². The van der Waals surface area contributed by atoms with Gasteiger partial charge in [-0.05, 0) is 6.92 Å². The van der Waals surface area contributed by atoms with Crippen molar-refractivity contribution in [3.63, 3.8) is 0 Å². The number of aromatic carboxylic acids is 1. The molecular formula is C10H12N4O5S. The Balaban J connectivity index is 2.32. The van der Waals surface area contributed by atoms with Crippen LogP contribution in [0.5, 0.6) is 0 Å². The van der Waals surface area contributed by atoms with E-state index in [1.54, 1.807) is 0 Å². The molecule has 0 saturated heterocycles. The number of rotatable bonds is 5. The maximum absolute atomic E-state index is 12.3. The van der Waals surface area contributed by atoms with Gasteiger partial charge in [0, 0.05) is 13.1 Å². The van der Waals surface area contributed by atoms with Gasteiger partial charge < -0.3 is 9.52 Å². The molecule has 0 amide bonds. The molecule has 2 heterocycles. The molecular weight excluding hydrogens is 288 g/mol. The van der Waals surface area contributed by atoms with Gasteiger partial charge in [0.05, 0.1) is 6.54 Å². The lowest BCUT2D eigenvalue weighted by molar-refractivity contribution is 0.0661. The molecule has 2 N–H and O–H groups in total. The van der Waals surface area contributed by atoms with E-state index in [1.807, 2.05) is 0 Å². The number of furan rings is 1. The first kappa shape index (κ1) is 14.2. The highest BCUT2D eigenvalue weighted by Crippen LogP contribution is 2.23. The van der Waals surface area contributed by atoms with Crippen LogP contribution in [0.4, 0.5) is 0 Å². The van der Waals surface area contributed by atoms with E-state index in [4.69, 9.17) is 9.52 Å². The summed E-state index contributed by atoms with van der Waals surface area (Å²) in [7, 11) is -2.52. The molecule has 0 aliphatic heterocycles. The van der Waals surface area contributed by atoms with Crippen LogP contribution in [-0.4, -0.2) is 46.0 Å². The van der Waals surface area contributed by atoms with Crippen molar-refractivity contribution in [2.75, 3.05) is 7.05 Å². The quantitative estimate of drug-likeness (QED) is 0.808. The van der Waals surface area contributed by atoms with Crippen LogP contribution in [-0.2, 0) is 16.6 Å². The van der Waals surface area contributed by atoms with Crippen molar-refractivity contribution in [3.05, 3.63) is 29.7 Å². The molecule has 0 atom stereocenters. The van der Waals surface area contributed by atoms with Gasteiger partial charge in [-0.15, -0.1) is 0 Å². The first-order chi connectivity index (χ1) is 9.32. The van der Waals surface area contributed by atoms with Gasteiger partial charge in [-0.2, -0.15) is 9.40 Å². The van der Waals surface area contributed by atoms with Gasteiger partial charge in [-0.3, -0.25) is 5.10 Å². The van der Waals surface area contributed by atoms with Crippen molar-refractivity contribution in [1.29, 1.82) is 0 Å². The third kappa shape index (κ3) is 2.56. The average Bonchev–Trinajstić information content (AvgIpc) is 2.98. The van der Waals surface area contributed by atoms with Crippen molar-refractivity contribution < 1.29 is 22.7 Å². The number of hydrogen-bond donors (Lipinski definition) is 2. The lowest BCUT2D eigenvalue weighted by Crippen LogP contribution is -2.27. The molecule has 2 aromatic rings. The highest BCUT2D eigenvalue weighted by molar-refractivity contribution is 7.89. The van der Waals surface area contributed by atoms with Gasteiger partial charge in [-0.25, -0.2) is 18.2 Å². The molecule has 10 heteroatoms. The standard InChI is InChI=1S/C10H12N4O5S/c1-6-8(3-7(19-6)10(15)16)20(17,18)14(2)4-9-11-5-12-13-9/h3,5H,4H2,1-2H3,(H,15,16)(H,11,12,13). The second-order valence-corrected chi connectivity index (χ2v) is 6.04. The van der Waals surface area contributed by atoms with Crippen LogP contribution in [0, 0.1) is 6.92 Å². The number of carbonyl (C=O) groups is 1. The van der Waals surface area contributed by atoms with Crippen molar-refractivity contribution in [3.8, 4) is 0 Å². The number of aryl methyl sites for hydroxylation is 1. The third-order valence-electron chi connectivity index (χ3n) is 2.61. The number of carboxylic acid groups (broad SMARTS) is 1. The van der Waals surface area contributed by atoms with Crippen molar-refractivity contribution in [2.24, 2.45) is 0 Å². The fraction of sp³-hybridized carbons (Fsp3) is 0.300. The fourth-order valence-electron chi connectivity index (χ4n) is 1.60. The van der Waals surface area contributed by atoms with Gasteiger partial charge in [0.1, 0.15) is 22.8 Å². The highest BCUT2D eigenvalue weighted by Gasteiger charge is 2.28. The summed E-state index contributed by atoms with van der Waals surface area (Å²) < 4.78 is 30.6. The fourth-order valence-corrected chi connectivity index (χ4v) is 2.89. The molecule has 0 aliphatic carbocycles. The zero-order valence-electron chi connectivity index (χ0n) is 10.7. The maximum atomic E-state index is 12.3. The van der Waals surface area contributed by atoms with E-state index in [1.165, 1.54) is 20.3 Å². The van der Waals surface area contributed by atoms with Crippen LogP contribution >= 0.6 is 0 Å². The van der Waals surface area contributed by atoms with Gasteiger partial charge in [0.15, 0.2) is 0 Å². The van der Waals surface area contributed by atoms with Crippen molar-refractivity contribution in [1.82, 2.24) is 19.5 Å². The van der Waals surface area contributed by atoms with E-state index in [0.717, 1.165) is 10.4 Å². The van der Waals surface area contributed by atoms with Crippen LogP contribution in [0.2, 0.25) is 0 Å². The zero-order chi connectivity index (χ0) is 14.9. The Morgan fingerprint density at radius 2 is 2.25 bits per heavy atom.